The molecule has 1 aliphatic heterocycles. The van der Waals surface area contributed by atoms with Crippen molar-refractivity contribution in [1.29, 1.82) is 0 Å². The fourth-order valence-electron chi connectivity index (χ4n) is 3.35. The standard InChI is InChI=1S/C20H22O6/c1-10(17-8-13(21)6-12(3)26-17)5-15-14-7-11(2)25-9-16(14)19(23)20(4,24)18(15)22/h6-10,19,23-24H,5H2,1-4H3/t10-,19-,20-/m0/s1. The molecule has 1 aromatic rings. The van der Waals surface area contributed by atoms with Crippen LogP contribution in [0, 0.1) is 6.92 Å². The van der Waals surface area contributed by atoms with E-state index in [4.69, 9.17) is 9.15 Å². The van der Waals surface area contributed by atoms with E-state index in [-0.39, 0.29) is 17.8 Å². The lowest BCUT2D eigenvalue weighted by molar-refractivity contribution is -0.141. The summed E-state index contributed by atoms with van der Waals surface area (Å²) in [5.74, 6) is 0.747. The van der Waals surface area contributed by atoms with Crippen molar-refractivity contribution in [1.82, 2.24) is 0 Å². The van der Waals surface area contributed by atoms with Gasteiger partial charge < -0.3 is 19.4 Å². The largest absolute Gasteiger partial charge is 0.469 e. The minimum absolute atomic E-state index is 0.159. The Kier molecular flexibility index (Phi) is 4.50. The average molecular weight is 358 g/mol. The first-order valence-corrected chi connectivity index (χ1v) is 8.46. The topological polar surface area (TPSA) is 97.0 Å². The van der Waals surface area contributed by atoms with Gasteiger partial charge in [-0.05, 0) is 38.8 Å². The highest BCUT2D eigenvalue weighted by atomic mass is 16.5. The van der Waals surface area contributed by atoms with Crippen LogP contribution in [0.5, 0.6) is 0 Å². The molecule has 26 heavy (non-hydrogen) atoms. The molecule has 0 unspecified atom stereocenters. The number of allylic oxidation sites excluding steroid dienone is 2. The number of hydrogen-bond acceptors (Lipinski definition) is 6. The lowest BCUT2D eigenvalue weighted by Gasteiger charge is -2.37. The smallest absolute Gasteiger partial charge is 0.193 e. The van der Waals surface area contributed by atoms with Crippen molar-refractivity contribution in [2.24, 2.45) is 0 Å². The van der Waals surface area contributed by atoms with E-state index >= 15 is 0 Å². The van der Waals surface area contributed by atoms with Crippen LogP contribution in [0.25, 0.3) is 0 Å². The summed E-state index contributed by atoms with van der Waals surface area (Å²) < 4.78 is 11.0. The van der Waals surface area contributed by atoms with E-state index in [9.17, 15) is 19.8 Å². The van der Waals surface area contributed by atoms with Crippen LogP contribution in [-0.2, 0) is 9.53 Å². The molecule has 0 spiro atoms. The van der Waals surface area contributed by atoms with Gasteiger partial charge in [-0.15, -0.1) is 0 Å². The second kappa shape index (κ2) is 6.37. The quantitative estimate of drug-likeness (QED) is 0.860. The van der Waals surface area contributed by atoms with Gasteiger partial charge in [0.25, 0.3) is 0 Å². The first-order chi connectivity index (χ1) is 12.1. The Balaban J connectivity index is 2.07. The number of fused-ring (bicyclic) bond motifs is 1. The monoisotopic (exact) mass is 358 g/mol. The Labute approximate surface area is 151 Å². The van der Waals surface area contributed by atoms with Crippen LogP contribution in [0.1, 0.15) is 44.6 Å². The normalized spacial score (nSPS) is 26.7. The van der Waals surface area contributed by atoms with Gasteiger partial charge >= 0.3 is 0 Å². The van der Waals surface area contributed by atoms with Crippen molar-refractivity contribution in [2.45, 2.75) is 51.7 Å². The van der Waals surface area contributed by atoms with Gasteiger partial charge in [-0.3, -0.25) is 9.59 Å². The van der Waals surface area contributed by atoms with Gasteiger partial charge in [0.1, 0.15) is 23.4 Å². The molecule has 2 heterocycles. The van der Waals surface area contributed by atoms with Crippen LogP contribution >= 0.6 is 0 Å². The number of Topliss-reactive ketones (excluding diaryl/α,β-unsaturated/α-hetero) is 1. The first kappa shape index (κ1) is 18.4. The van der Waals surface area contributed by atoms with Crippen molar-refractivity contribution < 1.29 is 24.2 Å². The molecule has 3 atom stereocenters. The lowest BCUT2D eigenvalue weighted by atomic mass is 9.72. The van der Waals surface area contributed by atoms with E-state index in [1.807, 2.05) is 6.92 Å². The van der Waals surface area contributed by atoms with Gasteiger partial charge in [-0.25, -0.2) is 0 Å². The summed E-state index contributed by atoms with van der Waals surface area (Å²) in [7, 11) is 0. The van der Waals surface area contributed by atoms with Crippen molar-refractivity contribution in [2.75, 3.05) is 0 Å². The zero-order valence-electron chi connectivity index (χ0n) is 15.2. The summed E-state index contributed by atoms with van der Waals surface area (Å²) in [4.78, 5) is 24.6. The lowest BCUT2D eigenvalue weighted by Crippen LogP contribution is -2.52. The third-order valence-corrected chi connectivity index (χ3v) is 4.82. The van der Waals surface area contributed by atoms with Crippen molar-refractivity contribution >= 4 is 5.78 Å². The maximum atomic E-state index is 12.9. The second-order valence-electron chi connectivity index (χ2n) is 7.13. The molecule has 0 aromatic carbocycles. The zero-order chi connectivity index (χ0) is 19.2. The Hall–Kier alpha value is -2.44. The number of carbonyl (C=O) groups is 1. The molecular formula is C20H22O6. The molecule has 6 heteroatoms. The fourth-order valence-corrected chi connectivity index (χ4v) is 3.35. The summed E-state index contributed by atoms with van der Waals surface area (Å²) in [6.07, 6.45) is 1.93. The predicted molar refractivity (Wildman–Crippen MR) is 94.3 cm³/mol. The van der Waals surface area contributed by atoms with E-state index in [2.05, 4.69) is 0 Å². The molecule has 2 N–H and O–H groups in total. The Morgan fingerprint density at radius 1 is 1.27 bits per heavy atom. The molecule has 0 amide bonds. The number of aliphatic hydroxyl groups excluding tert-OH is 1. The zero-order valence-corrected chi connectivity index (χ0v) is 15.2. The minimum atomic E-state index is -1.94. The van der Waals surface area contributed by atoms with Crippen LogP contribution in [0.2, 0.25) is 0 Å². The Morgan fingerprint density at radius 3 is 2.62 bits per heavy atom. The molecule has 1 aliphatic carbocycles. The van der Waals surface area contributed by atoms with Crippen molar-refractivity contribution in [3.8, 4) is 0 Å². The van der Waals surface area contributed by atoms with Crippen LogP contribution in [0.4, 0.5) is 0 Å². The summed E-state index contributed by atoms with van der Waals surface area (Å²) in [6.45, 7) is 6.57. The van der Waals surface area contributed by atoms with Gasteiger partial charge in [0.05, 0.1) is 6.26 Å². The molecule has 6 nitrogen and oxygen atoms in total. The van der Waals surface area contributed by atoms with E-state index in [1.54, 1.807) is 19.9 Å². The average Bonchev–Trinajstić information content (AvgIpc) is 2.56. The highest BCUT2D eigenvalue weighted by Gasteiger charge is 2.48. The first-order valence-electron chi connectivity index (χ1n) is 8.46. The van der Waals surface area contributed by atoms with Crippen LogP contribution in [0.3, 0.4) is 0 Å². The number of hydrogen-bond donors (Lipinski definition) is 2. The molecule has 3 rings (SSSR count). The molecule has 2 aliphatic rings. The molecule has 0 saturated carbocycles. The molecule has 0 radical (unpaired) electrons. The molecule has 1 aromatic heterocycles. The fraction of sp³-hybridized carbons (Fsp3) is 0.400. The van der Waals surface area contributed by atoms with E-state index in [1.165, 1.54) is 25.3 Å². The summed E-state index contributed by atoms with van der Waals surface area (Å²) >= 11 is 0. The number of rotatable bonds is 3. The SMILES string of the molecule is CC1=CC2=C(C[C@H](C)c3cc(=O)cc(C)o3)C(=O)[C@](C)(O)[C@@H](O)C2=CO1. The minimum Gasteiger partial charge on any atom is -0.469 e. The maximum absolute atomic E-state index is 12.9. The van der Waals surface area contributed by atoms with Crippen LogP contribution < -0.4 is 5.43 Å². The van der Waals surface area contributed by atoms with E-state index < -0.39 is 17.5 Å². The second-order valence-corrected chi connectivity index (χ2v) is 7.13. The van der Waals surface area contributed by atoms with Crippen molar-refractivity contribution in [3.63, 3.8) is 0 Å². The number of carbonyl (C=O) groups excluding carboxylic acids is 1. The molecular weight excluding hydrogens is 336 g/mol. The van der Waals surface area contributed by atoms with Gasteiger partial charge in [0.15, 0.2) is 16.8 Å². The Bertz CT molecular complexity index is 912. The number of ketones is 1. The molecule has 0 fully saturated rings. The third kappa shape index (κ3) is 3.06. The molecule has 0 bridgehead atoms. The maximum Gasteiger partial charge on any atom is 0.193 e. The van der Waals surface area contributed by atoms with E-state index in [0.29, 0.717) is 34.0 Å². The predicted octanol–water partition coefficient (Wildman–Crippen LogP) is 2.25. The number of ether oxygens (including phenoxy) is 1. The number of aryl methyl sites for hydroxylation is 1. The van der Waals surface area contributed by atoms with Gasteiger partial charge in [-0.1, -0.05) is 6.92 Å². The van der Waals surface area contributed by atoms with Crippen LogP contribution in [-0.4, -0.2) is 27.7 Å². The van der Waals surface area contributed by atoms with Crippen molar-refractivity contribution in [3.05, 3.63) is 68.7 Å². The van der Waals surface area contributed by atoms with Gasteiger partial charge in [0, 0.05) is 29.2 Å². The van der Waals surface area contributed by atoms with Crippen LogP contribution in [0.15, 0.2) is 56.2 Å². The highest BCUT2D eigenvalue weighted by molar-refractivity contribution is 6.06. The van der Waals surface area contributed by atoms with Gasteiger partial charge in [-0.2, -0.15) is 0 Å². The van der Waals surface area contributed by atoms with E-state index in [0.717, 1.165) is 0 Å². The summed E-state index contributed by atoms with van der Waals surface area (Å²) in [5.41, 5.74) is -0.799. The Morgan fingerprint density at radius 2 is 1.96 bits per heavy atom. The highest BCUT2D eigenvalue weighted by Crippen LogP contribution is 2.41. The third-order valence-electron chi connectivity index (χ3n) is 4.82. The molecule has 0 saturated heterocycles. The summed E-state index contributed by atoms with van der Waals surface area (Å²) in [5, 5.41) is 20.9. The summed E-state index contributed by atoms with van der Waals surface area (Å²) in [6, 6.07) is 2.81. The molecule has 138 valence electrons. The number of aliphatic hydroxyl groups is 2. The van der Waals surface area contributed by atoms with Gasteiger partial charge in [0.2, 0.25) is 0 Å².